The Morgan fingerprint density at radius 1 is 1.16 bits per heavy atom. The van der Waals surface area contributed by atoms with Gasteiger partial charge in [-0.1, -0.05) is 23.2 Å². The summed E-state index contributed by atoms with van der Waals surface area (Å²) in [6.45, 7) is 0. The number of hydrogen-bond donors (Lipinski definition) is 0. The van der Waals surface area contributed by atoms with Gasteiger partial charge >= 0.3 is 6.30 Å². The van der Waals surface area contributed by atoms with E-state index < -0.39 is 12.1 Å². The first-order valence-electron chi connectivity index (χ1n) is 4.76. The van der Waals surface area contributed by atoms with E-state index in [0.29, 0.717) is 6.20 Å². The maximum absolute atomic E-state index is 12.4. The summed E-state index contributed by atoms with van der Waals surface area (Å²) >= 11 is 11.5. The van der Waals surface area contributed by atoms with Gasteiger partial charge < -0.3 is 0 Å². The van der Waals surface area contributed by atoms with Crippen LogP contribution in [0, 0.1) is 0 Å². The highest BCUT2D eigenvalue weighted by Crippen LogP contribution is 2.27. The summed E-state index contributed by atoms with van der Waals surface area (Å²) in [7, 11) is 0. The van der Waals surface area contributed by atoms with E-state index in [1.165, 1.54) is 12.4 Å². The molecule has 2 rings (SSSR count). The molecule has 0 aromatic carbocycles. The maximum atomic E-state index is 12.4. The average molecular weight is 310 g/mol. The summed E-state index contributed by atoms with van der Waals surface area (Å²) in [5.41, 5.74) is -0.382. The lowest BCUT2D eigenvalue weighted by atomic mass is 10.1. The van der Waals surface area contributed by atoms with Gasteiger partial charge in [0.1, 0.15) is 0 Å². The molecule has 0 spiro atoms. The molecule has 0 radical (unpaired) electrons. The summed E-state index contributed by atoms with van der Waals surface area (Å²) in [6, 6.07) is 0. The zero-order valence-corrected chi connectivity index (χ0v) is 10.5. The van der Waals surface area contributed by atoms with Crippen molar-refractivity contribution in [3.8, 4) is 0 Å². The van der Waals surface area contributed by atoms with E-state index in [0.717, 1.165) is 6.20 Å². The third-order valence-corrected chi connectivity index (χ3v) is 2.76. The zero-order chi connectivity index (χ0) is 14.2. The molecular formula is C10H4Cl2F3N3O. The van der Waals surface area contributed by atoms with Crippen LogP contribution < -0.4 is 0 Å². The van der Waals surface area contributed by atoms with Crippen LogP contribution in [0.15, 0.2) is 24.8 Å². The van der Waals surface area contributed by atoms with E-state index in [4.69, 9.17) is 23.2 Å². The first-order valence-corrected chi connectivity index (χ1v) is 5.52. The van der Waals surface area contributed by atoms with Crippen LogP contribution in [0.4, 0.5) is 13.2 Å². The number of pyridine rings is 1. The molecular weight excluding hydrogens is 306 g/mol. The number of carbonyl (C=O) groups is 1. The van der Waals surface area contributed by atoms with Gasteiger partial charge in [-0.2, -0.15) is 9.78 Å². The minimum atomic E-state index is -4.69. The topological polar surface area (TPSA) is 47.8 Å². The molecule has 0 aliphatic rings. The Labute approximate surface area is 114 Å². The van der Waals surface area contributed by atoms with Gasteiger partial charge in [0.05, 0.1) is 27.4 Å². The van der Waals surface area contributed by atoms with E-state index in [-0.39, 0.29) is 25.9 Å². The smallest absolute Gasteiger partial charge is 0.288 e. The van der Waals surface area contributed by atoms with Crippen molar-refractivity contribution in [3.05, 3.63) is 46.0 Å². The van der Waals surface area contributed by atoms with Crippen LogP contribution in [0.1, 0.15) is 15.9 Å². The summed E-state index contributed by atoms with van der Waals surface area (Å²) < 4.78 is 36.8. The van der Waals surface area contributed by atoms with E-state index in [9.17, 15) is 18.0 Å². The number of nitrogens with zero attached hydrogens (tertiary/aromatic N) is 3. The Balaban J connectivity index is 2.43. The van der Waals surface area contributed by atoms with Crippen molar-refractivity contribution < 1.29 is 18.0 Å². The highest BCUT2D eigenvalue weighted by Gasteiger charge is 2.32. The lowest BCUT2D eigenvalue weighted by Crippen LogP contribution is -2.16. The Morgan fingerprint density at radius 3 is 2.21 bits per heavy atom. The first kappa shape index (κ1) is 13.8. The molecule has 0 amide bonds. The maximum Gasteiger partial charge on any atom is 0.504 e. The number of ketones is 1. The molecule has 19 heavy (non-hydrogen) atoms. The SMILES string of the molecule is O=C(c1cnn(C(F)(F)F)c1)c1c(Cl)cncc1Cl. The number of rotatable bonds is 2. The van der Waals surface area contributed by atoms with E-state index >= 15 is 0 Å². The van der Waals surface area contributed by atoms with Gasteiger partial charge in [0, 0.05) is 18.6 Å². The fourth-order valence-electron chi connectivity index (χ4n) is 1.35. The molecule has 100 valence electrons. The quantitative estimate of drug-likeness (QED) is 0.800. The van der Waals surface area contributed by atoms with Crippen LogP contribution >= 0.6 is 23.2 Å². The number of carbonyl (C=O) groups excluding carboxylic acids is 1. The van der Waals surface area contributed by atoms with Gasteiger partial charge in [0.15, 0.2) is 5.78 Å². The summed E-state index contributed by atoms with van der Waals surface area (Å²) in [4.78, 5) is 15.7. The summed E-state index contributed by atoms with van der Waals surface area (Å²) in [5.74, 6) is -0.757. The van der Waals surface area contributed by atoms with Crippen molar-refractivity contribution in [2.24, 2.45) is 0 Å². The lowest BCUT2D eigenvalue weighted by molar-refractivity contribution is -0.212. The minimum Gasteiger partial charge on any atom is -0.288 e. The number of aromatic nitrogens is 3. The Morgan fingerprint density at radius 2 is 1.74 bits per heavy atom. The molecule has 0 saturated carbocycles. The van der Waals surface area contributed by atoms with Gasteiger partial charge in [-0.3, -0.25) is 9.78 Å². The van der Waals surface area contributed by atoms with Crippen LogP contribution in [0.3, 0.4) is 0 Å². The van der Waals surface area contributed by atoms with Gasteiger partial charge in [-0.25, -0.2) is 0 Å². The Hall–Kier alpha value is -1.60. The molecule has 0 unspecified atom stereocenters. The van der Waals surface area contributed by atoms with Gasteiger partial charge in [-0.15, -0.1) is 13.2 Å². The fraction of sp³-hybridized carbons (Fsp3) is 0.100. The average Bonchev–Trinajstić information content (AvgIpc) is 2.77. The predicted molar refractivity (Wildman–Crippen MR) is 61.2 cm³/mol. The standard InChI is InChI=1S/C10H4Cl2F3N3O/c11-6-2-16-3-7(12)8(6)9(19)5-1-17-18(4-5)10(13,14)15/h1-4H. The molecule has 4 nitrogen and oxygen atoms in total. The summed E-state index contributed by atoms with van der Waals surface area (Å²) in [5, 5.41) is 2.97. The highest BCUT2D eigenvalue weighted by atomic mass is 35.5. The molecule has 0 fully saturated rings. The molecule has 0 aliphatic carbocycles. The van der Waals surface area contributed by atoms with E-state index in [1.54, 1.807) is 0 Å². The van der Waals surface area contributed by atoms with E-state index in [2.05, 4.69) is 10.1 Å². The lowest BCUT2D eigenvalue weighted by Gasteiger charge is -2.05. The van der Waals surface area contributed by atoms with Gasteiger partial charge in [0.2, 0.25) is 0 Å². The van der Waals surface area contributed by atoms with Crippen molar-refractivity contribution in [2.45, 2.75) is 6.30 Å². The summed E-state index contributed by atoms with van der Waals surface area (Å²) in [6.07, 6.45) is -0.980. The van der Waals surface area contributed by atoms with Crippen molar-refractivity contribution in [2.75, 3.05) is 0 Å². The fourth-order valence-corrected chi connectivity index (χ4v) is 1.89. The second-order valence-electron chi connectivity index (χ2n) is 3.45. The molecule has 9 heteroatoms. The first-order chi connectivity index (χ1) is 8.80. The molecule has 0 saturated heterocycles. The van der Waals surface area contributed by atoms with Crippen molar-refractivity contribution in [1.29, 1.82) is 0 Å². The highest BCUT2D eigenvalue weighted by molar-refractivity contribution is 6.40. The molecule has 0 bridgehead atoms. The minimum absolute atomic E-state index is 0.0442. The van der Waals surface area contributed by atoms with Crippen molar-refractivity contribution in [1.82, 2.24) is 14.8 Å². The van der Waals surface area contributed by atoms with Crippen LogP contribution in [0.25, 0.3) is 0 Å². The number of alkyl halides is 3. The van der Waals surface area contributed by atoms with Crippen LogP contribution in [-0.4, -0.2) is 20.5 Å². The monoisotopic (exact) mass is 309 g/mol. The third kappa shape index (κ3) is 2.71. The Kier molecular flexibility index (Phi) is 3.51. The van der Waals surface area contributed by atoms with Gasteiger partial charge in [-0.05, 0) is 0 Å². The zero-order valence-electron chi connectivity index (χ0n) is 8.95. The number of halogens is 5. The van der Waals surface area contributed by atoms with Crippen molar-refractivity contribution in [3.63, 3.8) is 0 Å². The largest absolute Gasteiger partial charge is 0.504 e. The van der Waals surface area contributed by atoms with Gasteiger partial charge in [0.25, 0.3) is 0 Å². The second-order valence-corrected chi connectivity index (χ2v) is 4.26. The molecule has 0 atom stereocenters. The van der Waals surface area contributed by atoms with E-state index in [1.807, 2.05) is 0 Å². The molecule has 2 heterocycles. The molecule has 2 aromatic rings. The Bertz CT molecular complexity index is 619. The normalized spacial score (nSPS) is 11.6. The predicted octanol–water partition coefficient (Wildman–Crippen LogP) is 3.29. The second kappa shape index (κ2) is 4.82. The number of hydrogen-bond acceptors (Lipinski definition) is 3. The van der Waals surface area contributed by atoms with Crippen LogP contribution in [0.2, 0.25) is 10.0 Å². The van der Waals surface area contributed by atoms with Crippen LogP contribution in [0.5, 0.6) is 0 Å². The van der Waals surface area contributed by atoms with Crippen LogP contribution in [-0.2, 0) is 6.30 Å². The molecule has 2 aromatic heterocycles. The van der Waals surface area contributed by atoms with Crippen molar-refractivity contribution >= 4 is 29.0 Å². The molecule has 0 N–H and O–H groups in total. The third-order valence-electron chi connectivity index (χ3n) is 2.19. The molecule has 0 aliphatic heterocycles.